The molecule has 0 atom stereocenters. The number of carbonyl (C=O) groups excluding carboxylic acids is 1. The Morgan fingerprint density at radius 3 is 2.74 bits per heavy atom. The third-order valence-corrected chi connectivity index (χ3v) is 3.82. The number of hydrogen-bond acceptors (Lipinski definition) is 7. The van der Waals surface area contributed by atoms with Crippen LogP contribution in [0.1, 0.15) is 22.0 Å². The van der Waals surface area contributed by atoms with Crippen LogP contribution in [0.2, 0.25) is 0 Å². The lowest BCUT2D eigenvalue weighted by Gasteiger charge is -2.11. The normalized spacial score (nSPS) is 10.5. The average Bonchev–Trinajstić information content (AvgIpc) is 3.10. The fourth-order valence-corrected chi connectivity index (χ4v) is 2.52. The molecule has 2 N–H and O–H groups in total. The fourth-order valence-electron chi connectivity index (χ4n) is 2.52. The first-order valence-corrected chi connectivity index (χ1v) is 8.45. The van der Waals surface area contributed by atoms with E-state index in [2.05, 4.69) is 30.6 Å². The van der Waals surface area contributed by atoms with Gasteiger partial charge in [0.25, 0.3) is 5.91 Å². The van der Waals surface area contributed by atoms with E-state index < -0.39 is 0 Å². The van der Waals surface area contributed by atoms with Crippen LogP contribution in [0.5, 0.6) is 5.88 Å². The standard InChI is InChI=1S/C18H21N7O2/c1-12-23-15(11-16(24-12)25-9-8-19-13(25)2)20-6-7-22-18(26)14-4-5-21-17(10-14)27-3/h4-5,8-11H,6-7H2,1-3H3,(H,22,26)(H,20,23,24). The van der Waals surface area contributed by atoms with Gasteiger partial charge in [0.1, 0.15) is 23.3 Å². The van der Waals surface area contributed by atoms with Crippen LogP contribution in [0.4, 0.5) is 5.82 Å². The average molecular weight is 367 g/mol. The summed E-state index contributed by atoms with van der Waals surface area (Å²) in [6, 6.07) is 5.08. The number of rotatable bonds is 7. The molecular formula is C18H21N7O2. The highest BCUT2D eigenvalue weighted by Gasteiger charge is 2.08. The van der Waals surface area contributed by atoms with E-state index in [4.69, 9.17) is 4.74 Å². The highest BCUT2D eigenvalue weighted by atomic mass is 16.5. The Labute approximate surface area is 156 Å². The summed E-state index contributed by atoms with van der Waals surface area (Å²) in [6.45, 7) is 4.70. The van der Waals surface area contributed by atoms with Crippen molar-refractivity contribution in [3.05, 3.63) is 54.0 Å². The van der Waals surface area contributed by atoms with Crippen LogP contribution in [0.25, 0.3) is 5.82 Å². The van der Waals surface area contributed by atoms with Crippen molar-refractivity contribution in [3.8, 4) is 11.7 Å². The number of anilines is 1. The third kappa shape index (κ3) is 4.57. The number of ether oxygens (including phenoxy) is 1. The van der Waals surface area contributed by atoms with Gasteiger partial charge < -0.3 is 15.4 Å². The number of nitrogens with zero attached hydrogens (tertiary/aromatic N) is 5. The molecule has 3 heterocycles. The Bertz CT molecular complexity index is 939. The highest BCUT2D eigenvalue weighted by Crippen LogP contribution is 2.12. The minimum Gasteiger partial charge on any atom is -0.481 e. The first-order valence-electron chi connectivity index (χ1n) is 8.45. The maximum Gasteiger partial charge on any atom is 0.251 e. The molecule has 0 unspecified atom stereocenters. The zero-order chi connectivity index (χ0) is 19.2. The van der Waals surface area contributed by atoms with Gasteiger partial charge in [0.2, 0.25) is 5.88 Å². The van der Waals surface area contributed by atoms with Crippen LogP contribution in [0.3, 0.4) is 0 Å². The summed E-state index contributed by atoms with van der Waals surface area (Å²) in [5.74, 6) is 3.14. The number of aryl methyl sites for hydroxylation is 2. The van der Waals surface area contributed by atoms with Gasteiger partial charge in [-0.05, 0) is 19.9 Å². The Morgan fingerprint density at radius 2 is 2.00 bits per heavy atom. The molecule has 0 fully saturated rings. The summed E-state index contributed by atoms with van der Waals surface area (Å²) >= 11 is 0. The van der Waals surface area contributed by atoms with Crippen molar-refractivity contribution in [1.82, 2.24) is 29.8 Å². The maximum atomic E-state index is 12.2. The number of amides is 1. The van der Waals surface area contributed by atoms with Gasteiger partial charge in [0, 0.05) is 49.4 Å². The van der Waals surface area contributed by atoms with Crippen molar-refractivity contribution >= 4 is 11.7 Å². The molecule has 140 valence electrons. The molecule has 0 aliphatic heterocycles. The van der Waals surface area contributed by atoms with Crippen LogP contribution < -0.4 is 15.4 Å². The lowest BCUT2D eigenvalue weighted by molar-refractivity contribution is 0.0954. The van der Waals surface area contributed by atoms with Crippen LogP contribution >= 0.6 is 0 Å². The van der Waals surface area contributed by atoms with Crippen LogP contribution in [0, 0.1) is 13.8 Å². The largest absolute Gasteiger partial charge is 0.481 e. The Kier molecular flexibility index (Phi) is 5.60. The molecule has 0 spiro atoms. The monoisotopic (exact) mass is 367 g/mol. The van der Waals surface area contributed by atoms with Gasteiger partial charge in [-0.15, -0.1) is 0 Å². The summed E-state index contributed by atoms with van der Waals surface area (Å²) in [7, 11) is 1.51. The molecule has 0 aliphatic rings. The summed E-state index contributed by atoms with van der Waals surface area (Å²) in [4.78, 5) is 29.2. The van der Waals surface area contributed by atoms with E-state index >= 15 is 0 Å². The number of aromatic nitrogens is 5. The first-order chi connectivity index (χ1) is 13.1. The van der Waals surface area contributed by atoms with Crippen molar-refractivity contribution in [2.24, 2.45) is 0 Å². The molecular weight excluding hydrogens is 346 g/mol. The fraction of sp³-hybridized carbons (Fsp3) is 0.278. The van der Waals surface area contributed by atoms with Crippen LogP contribution in [0.15, 0.2) is 36.8 Å². The molecule has 0 radical (unpaired) electrons. The van der Waals surface area contributed by atoms with Gasteiger partial charge in [-0.1, -0.05) is 0 Å². The molecule has 3 aromatic rings. The van der Waals surface area contributed by atoms with Crippen molar-refractivity contribution < 1.29 is 9.53 Å². The molecule has 1 amide bonds. The predicted octanol–water partition coefficient (Wildman–Crippen LogP) is 1.52. The molecule has 3 rings (SSSR count). The zero-order valence-electron chi connectivity index (χ0n) is 15.4. The van der Waals surface area contributed by atoms with E-state index in [0.717, 1.165) is 11.6 Å². The van der Waals surface area contributed by atoms with Gasteiger partial charge >= 0.3 is 0 Å². The first kappa shape index (κ1) is 18.3. The van der Waals surface area contributed by atoms with E-state index in [9.17, 15) is 4.79 Å². The molecule has 0 aromatic carbocycles. The Morgan fingerprint density at radius 1 is 1.15 bits per heavy atom. The SMILES string of the molecule is COc1cc(C(=O)NCCNc2cc(-n3ccnc3C)nc(C)n2)ccn1. The second kappa shape index (κ2) is 8.26. The molecule has 0 saturated heterocycles. The van der Waals surface area contributed by atoms with Crippen molar-refractivity contribution in [1.29, 1.82) is 0 Å². The minimum absolute atomic E-state index is 0.189. The maximum absolute atomic E-state index is 12.2. The highest BCUT2D eigenvalue weighted by molar-refractivity contribution is 5.94. The number of methoxy groups -OCH3 is 1. The number of pyridine rings is 1. The molecule has 3 aromatic heterocycles. The molecule has 9 heteroatoms. The van der Waals surface area contributed by atoms with Gasteiger partial charge in [-0.2, -0.15) is 0 Å². The van der Waals surface area contributed by atoms with Crippen LogP contribution in [-0.4, -0.2) is 50.6 Å². The van der Waals surface area contributed by atoms with E-state index in [1.165, 1.54) is 13.3 Å². The smallest absolute Gasteiger partial charge is 0.251 e. The summed E-state index contributed by atoms with van der Waals surface area (Å²) in [5.41, 5.74) is 0.498. The predicted molar refractivity (Wildman–Crippen MR) is 100 cm³/mol. The number of imidazole rings is 1. The van der Waals surface area contributed by atoms with E-state index in [1.54, 1.807) is 18.3 Å². The molecule has 0 saturated carbocycles. The van der Waals surface area contributed by atoms with Crippen LogP contribution in [-0.2, 0) is 0 Å². The van der Waals surface area contributed by atoms with Gasteiger partial charge in [-0.25, -0.2) is 19.9 Å². The van der Waals surface area contributed by atoms with Gasteiger partial charge in [0.05, 0.1) is 7.11 Å². The molecule has 27 heavy (non-hydrogen) atoms. The summed E-state index contributed by atoms with van der Waals surface area (Å²) < 4.78 is 6.91. The number of hydrogen-bond donors (Lipinski definition) is 2. The zero-order valence-corrected chi connectivity index (χ0v) is 15.4. The van der Waals surface area contributed by atoms with Crippen molar-refractivity contribution in [3.63, 3.8) is 0 Å². The van der Waals surface area contributed by atoms with Gasteiger partial charge in [-0.3, -0.25) is 9.36 Å². The minimum atomic E-state index is -0.189. The van der Waals surface area contributed by atoms with Crippen molar-refractivity contribution in [2.45, 2.75) is 13.8 Å². The quantitative estimate of drug-likeness (QED) is 0.610. The Balaban J connectivity index is 1.57. The molecule has 0 aliphatic carbocycles. The lowest BCUT2D eigenvalue weighted by Crippen LogP contribution is -2.29. The third-order valence-electron chi connectivity index (χ3n) is 3.82. The van der Waals surface area contributed by atoms with E-state index in [0.29, 0.717) is 36.2 Å². The second-order valence-electron chi connectivity index (χ2n) is 5.77. The topological polar surface area (TPSA) is 107 Å². The van der Waals surface area contributed by atoms with Gasteiger partial charge in [0.15, 0.2) is 0 Å². The second-order valence-corrected chi connectivity index (χ2v) is 5.77. The van der Waals surface area contributed by atoms with E-state index in [1.807, 2.05) is 30.7 Å². The number of nitrogens with one attached hydrogen (secondary N) is 2. The lowest BCUT2D eigenvalue weighted by atomic mass is 10.2. The number of carbonyl (C=O) groups is 1. The Hall–Kier alpha value is -3.49. The van der Waals surface area contributed by atoms with Crippen molar-refractivity contribution in [2.75, 3.05) is 25.5 Å². The van der Waals surface area contributed by atoms with E-state index in [-0.39, 0.29) is 5.91 Å². The molecule has 9 nitrogen and oxygen atoms in total. The molecule has 0 bridgehead atoms. The summed E-state index contributed by atoms with van der Waals surface area (Å²) in [6.07, 6.45) is 5.11. The summed E-state index contributed by atoms with van der Waals surface area (Å²) in [5, 5.41) is 6.04.